The van der Waals surface area contributed by atoms with Gasteiger partial charge in [0.2, 0.25) is 11.9 Å². The molecule has 1 amide bonds. The summed E-state index contributed by atoms with van der Waals surface area (Å²) in [5.41, 5.74) is 5.41. The Bertz CT molecular complexity index is 1700. The van der Waals surface area contributed by atoms with E-state index in [1.54, 1.807) is 12.4 Å². The van der Waals surface area contributed by atoms with Crippen molar-refractivity contribution in [2.24, 2.45) is 0 Å². The quantitative estimate of drug-likeness (QED) is 0.149. The van der Waals surface area contributed by atoms with Crippen LogP contribution >= 0.6 is 11.6 Å². The molecular weight excluding hydrogens is 662 g/mol. The highest BCUT2D eigenvalue weighted by molar-refractivity contribution is 6.32. The van der Waals surface area contributed by atoms with E-state index in [2.05, 4.69) is 43.0 Å². The Labute approximate surface area is 266 Å². The number of benzene rings is 2. The third kappa shape index (κ3) is 11.8. The smallest absolute Gasteiger partial charge is 0.475 e. The van der Waals surface area contributed by atoms with Crippen LogP contribution in [0.15, 0.2) is 73.1 Å². The van der Waals surface area contributed by atoms with Crippen molar-refractivity contribution in [2.45, 2.75) is 31.6 Å². The summed E-state index contributed by atoms with van der Waals surface area (Å²) in [6, 6.07) is 19.5. The minimum absolute atomic E-state index is 0.108. The van der Waals surface area contributed by atoms with Crippen LogP contribution in [0.3, 0.4) is 0 Å². The number of carbonyl (C=O) groups is 3. The van der Waals surface area contributed by atoms with Gasteiger partial charge in [-0.15, -0.1) is 0 Å². The maximum Gasteiger partial charge on any atom is 0.490 e. The van der Waals surface area contributed by atoms with Crippen LogP contribution in [0.1, 0.15) is 16.8 Å². The lowest BCUT2D eigenvalue weighted by Gasteiger charge is -2.14. The lowest BCUT2D eigenvalue weighted by atomic mass is 10.0. The van der Waals surface area contributed by atoms with E-state index >= 15 is 0 Å². The van der Waals surface area contributed by atoms with Gasteiger partial charge < -0.3 is 26.2 Å². The first-order valence-corrected chi connectivity index (χ1v) is 13.5. The molecular formula is C29H23ClF6N6O5. The van der Waals surface area contributed by atoms with Crippen LogP contribution in [0.2, 0.25) is 5.02 Å². The van der Waals surface area contributed by atoms with Crippen molar-refractivity contribution in [2.75, 3.05) is 16.0 Å². The van der Waals surface area contributed by atoms with E-state index in [0.29, 0.717) is 16.8 Å². The number of carbonyl (C=O) groups excluding carboxylic acids is 1. The average Bonchev–Trinajstić information content (AvgIpc) is 2.99. The van der Waals surface area contributed by atoms with Crippen molar-refractivity contribution in [1.29, 1.82) is 0 Å². The van der Waals surface area contributed by atoms with Crippen LogP contribution in [0.5, 0.6) is 0 Å². The fourth-order valence-electron chi connectivity index (χ4n) is 3.73. The topological polar surface area (TPSA) is 166 Å². The largest absolute Gasteiger partial charge is 0.490 e. The number of hydrogen-bond donors (Lipinski definition) is 5. The van der Waals surface area contributed by atoms with E-state index in [4.69, 9.17) is 31.4 Å². The van der Waals surface area contributed by atoms with Crippen LogP contribution in [0.25, 0.3) is 0 Å². The molecule has 0 aliphatic carbocycles. The van der Waals surface area contributed by atoms with Gasteiger partial charge in [-0.25, -0.2) is 14.6 Å². The van der Waals surface area contributed by atoms with Crippen molar-refractivity contribution in [3.63, 3.8) is 0 Å². The number of aryl methyl sites for hydroxylation is 2. The standard InChI is InChI=1S/C25H21ClN6O.2C2HF3O2/c26-21-15-28-25-30-19-6-3-4-16(12-19)7-8-17-13-20(29-24(21)32-25)9-10-22(17)31-23(33)14-18-5-1-2-11-27-18;2*3-2(4,5)1(6)7/h1-6,9-13,15H,7-8,14H2,(H,31,33)(H2,28,29,30,32);2*(H,6,7). The number of halogens is 7. The van der Waals surface area contributed by atoms with Crippen LogP contribution in [-0.2, 0) is 33.6 Å². The zero-order valence-electron chi connectivity index (χ0n) is 23.7. The summed E-state index contributed by atoms with van der Waals surface area (Å²) in [7, 11) is 0. The van der Waals surface area contributed by atoms with Crippen LogP contribution in [0.4, 0.5) is 55.2 Å². The lowest BCUT2D eigenvalue weighted by molar-refractivity contribution is -0.193. The van der Waals surface area contributed by atoms with Crippen LogP contribution in [-0.4, -0.2) is 55.4 Å². The Morgan fingerprint density at radius 2 is 1.49 bits per heavy atom. The molecule has 3 heterocycles. The maximum absolute atomic E-state index is 12.7. The molecule has 4 aromatic rings. The highest BCUT2D eigenvalue weighted by Gasteiger charge is 2.38. The van der Waals surface area contributed by atoms with E-state index in [9.17, 15) is 31.1 Å². The molecule has 248 valence electrons. The molecule has 1 aliphatic rings. The molecule has 2 aromatic carbocycles. The summed E-state index contributed by atoms with van der Waals surface area (Å²) in [5.74, 6) is -4.66. The summed E-state index contributed by atoms with van der Waals surface area (Å²) in [5, 5.41) is 24.2. The Kier molecular flexibility index (Phi) is 12.0. The first-order chi connectivity index (χ1) is 22.0. The summed E-state index contributed by atoms with van der Waals surface area (Å²) >= 11 is 6.33. The first kappa shape index (κ1) is 36.0. The zero-order chi connectivity index (χ0) is 34.8. The third-order valence-corrected chi connectivity index (χ3v) is 6.08. The minimum Gasteiger partial charge on any atom is -0.475 e. The molecule has 18 heteroatoms. The highest BCUT2D eigenvalue weighted by Crippen LogP contribution is 2.29. The molecule has 0 fully saturated rings. The number of fused-ring (bicyclic) bond motifs is 6. The van der Waals surface area contributed by atoms with Gasteiger partial charge in [0.1, 0.15) is 5.02 Å². The lowest BCUT2D eigenvalue weighted by Crippen LogP contribution is -2.21. The minimum atomic E-state index is -5.08. The second-order valence-electron chi connectivity index (χ2n) is 9.36. The second-order valence-corrected chi connectivity index (χ2v) is 9.77. The number of aliphatic carboxylic acids is 2. The highest BCUT2D eigenvalue weighted by atomic mass is 35.5. The van der Waals surface area contributed by atoms with E-state index < -0.39 is 24.3 Å². The van der Waals surface area contributed by atoms with Gasteiger partial charge in [0.25, 0.3) is 0 Å². The van der Waals surface area contributed by atoms with Gasteiger partial charge in [0, 0.05) is 29.0 Å². The monoisotopic (exact) mass is 684 g/mol. The van der Waals surface area contributed by atoms with Crippen molar-refractivity contribution in [3.8, 4) is 0 Å². The first-order valence-electron chi connectivity index (χ1n) is 13.1. The number of nitrogens with zero attached hydrogens (tertiary/aromatic N) is 3. The van der Waals surface area contributed by atoms with E-state index in [-0.39, 0.29) is 12.3 Å². The molecule has 1 aliphatic heterocycles. The van der Waals surface area contributed by atoms with Gasteiger partial charge in [-0.1, -0.05) is 29.8 Å². The number of amides is 1. The number of rotatable bonds is 3. The number of aromatic nitrogens is 3. The predicted octanol–water partition coefficient (Wildman–Crippen LogP) is 6.56. The number of alkyl halides is 6. The number of pyridine rings is 1. The maximum atomic E-state index is 12.7. The van der Waals surface area contributed by atoms with Gasteiger partial charge in [-0.2, -0.15) is 31.3 Å². The second kappa shape index (κ2) is 15.7. The average molecular weight is 685 g/mol. The van der Waals surface area contributed by atoms with Crippen LogP contribution in [0, 0.1) is 0 Å². The number of carboxylic acids is 2. The van der Waals surface area contributed by atoms with Crippen molar-refractivity contribution >= 4 is 58.3 Å². The molecule has 0 saturated carbocycles. The summed E-state index contributed by atoms with van der Waals surface area (Å²) in [6.07, 6.45) is -5.15. The predicted molar refractivity (Wildman–Crippen MR) is 158 cm³/mol. The zero-order valence-corrected chi connectivity index (χ0v) is 24.4. The Hall–Kier alpha value is -5.45. The summed E-state index contributed by atoms with van der Waals surface area (Å²) in [6.45, 7) is 0. The SMILES string of the molecule is O=C(Cc1ccccn1)Nc1ccc2cc1CCc1cccc(c1)Nc1ncc(Cl)c(n1)N2.O=C(O)C(F)(F)F.O=C(O)C(F)(F)F. The summed E-state index contributed by atoms with van der Waals surface area (Å²) < 4.78 is 63.5. The van der Waals surface area contributed by atoms with Gasteiger partial charge in [0.15, 0.2) is 5.82 Å². The molecule has 47 heavy (non-hydrogen) atoms. The van der Waals surface area contributed by atoms with Crippen molar-refractivity contribution < 1.29 is 50.9 Å². The number of carboxylic acid groups (broad SMARTS) is 2. The Balaban J connectivity index is 0.000000360. The molecule has 5 N–H and O–H groups in total. The fraction of sp³-hybridized carbons (Fsp3) is 0.172. The molecule has 0 radical (unpaired) electrons. The Morgan fingerprint density at radius 3 is 2.11 bits per heavy atom. The molecule has 6 bridgehead atoms. The van der Waals surface area contributed by atoms with Gasteiger partial charge >= 0.3 is 24.3 Å². The van der Waals surface area contributed by atoms with Crippen molar-refractivity contribution in [3.05, 3.63) is 94.9 Å². The Morgan fingerprint density at radius 1 is 0.830 bits per heavy atom. The van der Waals surface area contributed by atoms with Gasteiger partial charge in [-0.3, -0.25) is 9.78 Å². The van der Waals surface area contributed by atoms with E-state index in [0.717, 1.165) is 46.7 Å². The number of hydrogen-bond acceptors (Lipinski definition) is 8. The molecule has 11 nitrogen and oxygen atoms in total. The third-order valence-electron chi connectivity index (χ3n) is 5.81. The van der Waals surface area contributed by atoms with E-state index in [1.807, 2.05) is 48.5 Å². The van der Waals surface area contributed by atoms with Gasteiger partial charge in [-0.05, 0) is 66.4 Å². The molecule has 0 atom stereocenters. The number of nitrogens with one attached hydrogen (secondary N) is 3. The normalized spacial score (nSPS) is 12.0. The van der Waals surface area contributed by atoms with E-state index in [1.165, 1.54) is 0 Å². The number of anilines is 5. The molecule has 2 aromatic heterocycles. The van der Waals surface area contributed by atoms with Crippen LogP contribution < -0.4 is 16.0 Å². The molecule has 0 saturated heterocycles. The molecule has 0 unspecified atom stereocenters. The summed E-state index contributed by atoms with van der Waals surface area (Å²) in [4.78, 5) is 43.5. The van der Waals surface area contributed by atoms with Gasteiger partial charge in [0.05, 0.1) is 12.6 Å². The fourth-order valence-corrected chi connectivity index (χ4v) is 3.86. The van der Waals surface area contributed by atoms with Crippen molar-refractivity contribution in [1.82, 2.24) is 15.0 Å². The molecule has 0 spiro atoms. The molecule has 5 rings (SSSR count).